The largest absolute Gasteiger partial charge is 0.480 e. The molecule has 0 heterocycles. The highest BCUT2D eigenvalue weighted by Gasteiger charge is 2.35. The normalized spacial score (nSPS) is 12.5. The number of benzene rings is 2. The zero-order valence-electron chi connectivity index (χ0n) is 12.7. The van der Waals surface area contributed by atoms with E-state index >= 15 is 0 Å². The Bertz CT molecular complexity index is 793. The number of carboxylic acid groups (broad SMARTS) is 1. The summed E-state index contributed by atoms with van der Waals surface area (Å²) in [5.74, 6) is -2.40. The highest BCUT2D eigenvalue weighted by atomic mass is 127. The molecule has 0 saturated carbocycles. The SMILES string of the molecule is O=C(N[C@@H](Cc1ccccc1I)C(=O)O)c1ccccc1C(F)(F)F. The van der Waals surface area contributed by atoms with Gasteiger partial charge in [-0.05, 0) is 46.4 Å². The number of hydrogen-bond donors (Lipinski definition) is 2. The van der Waals surface area contributed by atoms with Crippen molar-refractivity contribution in [2.45, 2.75) is 18.6 Å². The molecular formula is C17H13F3INO3. The number of carbonyl (C=O) groups is 2. The van der Waals surface area contributed by atoms with Crippen LogP contribution in [0, 0.1) is 3.57 Å². The van der Waals surface area contributed by atoms with Gasteiger partial charge in [-0.15, -0.1) is 0 Å². The summed E-state index contributed by atoms with van der Waals surface area (Å²) < 4.78 is 39.8. The van der Waals surface area contributed by atoms with Crippen LogP contribution in [0.4, 0.5) is 13.2 Å². The van der Waals surface area contributed by atoms with Crippen molar-refractivity contribution in [3.63, 3.8) is 0 Å². The summed E-state index contributed by atoms with van der Waals surface area (Å²) in [4.78, 5) is 23.7. The number of aliphatic carboxylic acids is 1. The first-order valence-corrected chi connectivity index (χ1v) is 8.21. The lowest BCUT2D eigenvalue weighted by atomic mass is 10.0. The van der Waals surface area contributed by atoms with E-state index in [0.717, 1.165) is 15.7 Å². The fourth-order valence-corrected chi connectivity index (χ4v) is 2.86. The monoisotopic (exact) mass is 463 g/mol. The van der Waals surface area contributed by atoms with Crippen molar-refractivity contribution in [3.8, 4) is 0 Å². The van der Waals surface area contributed by atoms with Gasteiger partial charge in [0, 0.05) is 9.99 Å². The molecular weight excluding hydrogens is 450 g/mol. The van der Waals surface area contributed by atoms with E-state index < -0.39 is 35.2 Å². The van der Waals surface area contributed by atoms with E-state index in [2.05, 4.69) is 5.32 Å². The van der Waals surface area contributed by atoms with Gasteiger partial charge >= 0.3 is 12.1 Å². The molecule has 0 unspecified atom stereocenters. The number of alkyl halides is 3. The van der Waals surface area contributed by atoms with Crippen LogP contribution in [0.2, 0.25) is 0 Å². The van der Waals surface area contributed by atoms with Crippen LogP contribution in [0.15, 0.2) is 48.5 Å². The van der Waals surface area contributed by atoms with Crippen molar-refractivity contribution in [3.05, 3.63) is 68.8 Å². The van der Waals surface area contributed by atoms with E-state index in [0.29, 0.717) is 5.56 Å². The Balaban J connectivity index is 2.25. The Hall–Kier alpha value is -2.10. The van der Waals surface area contributed by atoms with Gasteiger partial charge in [-0.1, -0.05) is 30.3 Å². The summed E-state index contributed by atoms with van der Waals surface area (Å²) in [5, 5.41) is 11.5. The quantitative estimate of drug-likeness (QED) is 0.665. The molecule has 0 fully saturated rings. The van der Waals surface area contributed by atoms with Gasteiger partial charge in [0.2, 0.25) is 0 Å². The zero-order valence-corrected chi connectivity index (χ0v) is 14.8. The number of amides is 1. The third-order valence-corrected chi connectivity index (χ3v) is 4.51. The minimum atomic E-state index is -4.71. The van der Waals surface area contributed by atoms with Crippen molar-refractivity contribution in [2.24, 2.45) is 0 Å². The molecule has 132 valence electrons. The highest BCUT2D eigenvalue weighted by molar-refractivity contribution is 14.1. The van der Waals surface area contributed by atoms with Crippen molar-refractivity contribution in [1.29, 1.82) is 0 Å². The second-order valence-corrected chi connectivity index (χ2v) is 6.37. The standard InChI is InChI=1S/C17H13F3INO3/c18-17(19,20)12-7-3-2-6-11(12)15(23)22-14(16(24)25)9-10-5-1-4-8-13(10)21/h1-8,14H,9H2,(H,22,23)(H,24,25)/t14-/m0/s1. The summed E-state index contributed by atoms with van der Waals surface area (Å²) in [6.45, 7) is 0. The molecule has 8 heteroatoms. The van der Waals surface area contributed by atoms with Crippen molar-refractivity contribution >= 4 is 34.5 Å². The van der Waals surface area contributed by atoms with Crippen LogP contribution in [-0.2, 0) is 17.4 Å². The molecule has 25 heavy (non-hydrogen) atoms. The molecule has 0 bridgehead atoms. The van der Waals surface area contributed by atoms with E-state index in [1.807, 2.05) is 22.6 Å². The fourth-order valence-electron chi connectivity index (χ4n) is 2.25. The molecule has 2 N–H and O–H groups in total. The lowest BCUT2D eigenvalue weighted by molar-refractivity contribution is -0.139. The Morgan fingerprint density at radius 2 is 1.68 bits per heavy atom. The lowest BCUT2D eigenvalue weighted by Gasteiger charge is -2.17. The Kier molecular flexibility index (Phi) is 6.04. The van der Waals surface area contributed by atoms with Gasteiger partial charge in [-0.25, -0.2) is 4.79 Å². The maximum Gasteiger partial charge on any atom is 0.417 e. The second kappa shape index (κ2) is 7.85. The number of carbonyl (C=O) groups excluding carboxylic acids is 1. The molecule has 0 spiro atoms. The summed E-state index contributed by atoms with van der Waals surface area (Å²) in [7, 11) is 0. The van der Waals surface area contributed by atoms with E-state index in [4.69, 9.17) is 0 Å². The van der Waals surface area contributed by atoms with Gasteiger partial charge in [0.1, 0.15) is 6.04 Å². The van der Waals surface area contributed by atoms with Gasteiger partial charge in [-0.3, -0.25) is 4.79 Å². The summed E-state index contributed by atoms with van der Waals surface area (Å²) in [6.07, 6.45) is -4.74. The first-order chi connectivity index (χ1) is 11.7. The molecule has 2 aromatic carbocycles. The maximum atomic E-state index is 13.0. The Morgan fingerprint density at radius 3 is 2.28 bits per heavy atom. The minimum Gasteiger partial charge on any atom is -0.480 e. The van der Waals surface area contributed by atoms with Crippen LogP contribution < -0.4 is 5.32 Å². The van der Waals surface area contributed by atoms with E-state index in [-0.39, 0.29) is 6.42 Å². The first-order valence-electron chi connectivity index (χ1n) is 7.13. The first kappa shape index (κ1) is 19.2. The van der Waals surface area contributed by atoms with Crippen LogP contribution in [0.1, 0.15) is 21.5 Å². The predicted octanol–water partition coefficient (Wildman–Crippen LogP) is 3.74. The molecule has 1 atom stereocenters. The molecule has 0 aliphatic heterocycles. The topological polar surface area (TPSA) is 66.4 Å². The van der Waals surface area contributed by atoms with Gasteiger partial charge in [0.05, 0.1) is 11.1 Å². The number of rotatable bonds is 5. The van der Waals surface area contributed by atoms with Crippen LogP contribution >= 0.6 is 22.6 Å². The van der Waals surface area contributed by atoms with E-state index in [1.165, 1.54) is 12.1 Å². The number of nitrogens with one attached hydrogen (secondary N) is 1. The van der Waals surface area contributed by atoms with Crippen LogP contribution in [0.3, 0.4) is 0 Å². The van der Waals surface area contributed by atoms with Crippen molar-refractivity contribution < 1.29 is 27.9 Å². The van der Waals surface area contributed by atoms with Gasteiger partial charge < -0.3 is 10.4 Å². The van der Waals surface area contributed by atoms with E-state index in [9.17, 15) is 27.9 Å². The summed E-state index contributed by atoms with van der Waals surface area (Å²) >= 11 is 2.02. The number of halogens is 4. The zero-order chi connectivity index (χ0) is 18.6. The molecule has 4 nitrogen and oxygen atoms in total. The van der Waals surface area contributed by atoms with Crippen molar-refractivity contribution in [2.75, 3.05) is 0 Å². The maximum absolute atomic E-state index is 13.0. The molecule has 0 radical (unpaired) electrons. The van der Waals surface area contributed by atoms with Gasteiger partial charge in [-0.2, -0.15) is 13.2 Å². The molecule has 1 amide bonds. The number of hydrogen-bond acceptors (Lipinski definition) is 2. The molecule has 2 aromatic rings. The Labute approximate surface area is 155 Å². The summed E-state index contributed by atoms with van der Waals surface area (Å²) in [5.41, 5.74) is -1.03. The predicted molar refractivity (Wildman–Crippen MR) is 93.2 cm³/mol. The molecule has 0 saturated heterocycles. The van der Waals surface area contributed by atoms with Crippen LogP contribution in [0.5, 0.6) is 0 Å². The molecule has 0 aliphatic rings. The fraction of sp³-hybridized carbons (Fsp3) is 0.176. The highest BCUT2D eigenvalue weighted by Crippen LogP contribution is 2.31. The van der Waals surface area contributed by atoms with Crippen LogP contribution in [0.25, 0.3) is 0 Å². The lowest BCUT2D eigenvalue weighted by Crippen LogP contribution is -2.43. The average Bonchev–Trinajstić information content (AvgIpc) is 2.55. The molecule has 2 rings (SSSR count). The average molecular weight is 463 g/mol. The van der Waals surface area contributed by atoms with Crippen LogP contribution in [-0.4, -0.2) is 23.0 Å². The van der Waals surface area contributed by atoms with E-state index in [1.54, 1.807) is 24.3 Å². The second-order valence-electron chi connectivity index (χ2n) is 5.20. The molecule has 0 aliphatic carbocycles. The smallest absolute Gasteiger partial charge is 0.417 e. The number of carboxylic acids is 1. The van der Waals surface area contributed by atoms with Gasteiger partial charge in [0.25, 0.3) is 5.91 Å². The minimum absolute atomic E-state index is 0.0334. The van der Waals surface area contributed by atoms with Crippen molar-refractivity contribution in [1.82, 2.24) is 5.32 Å². The Morgan fingerprint density at radius 1 is 1.08 bits per heavy atom. The van der Waals surface area contributed by atoms with Gasteiger partial charge in [0.15, 0.2) is 0 Å². The third kappa shape index (κ3) is 4.94. The molecule has 0 aromatic heterocycles. The third-order valence-electron chi connectivity index (χ3n) is 3.46. The summed E-state index contributed by atoms with van der Waals surface area (Å²) in [6, 6.07) is 9.89.